The van der Waals surface area contributed by atoms with Crippen molar-refractivity contribution in [3.05, 3.63) is 52.9 Å². The molecule has 2 aromatic rings. The van der Waals surface area contributed by atoms with Gasteiger partial charge in [-0.25, -0.2) is 9.97 Å². The van der Waals surface area contributed by atoms with Gasteiger partial charge in [-0.05, 0) is 43.9 Å². The molecular weight excluding hydrogens is 372 g/mol. The van der Waals surface area contributed by atoms with Crippen LogP contribution >= 0.6 is 11.6 Å². The van der Waals surface area contributed by atoms with Gasteiger partial charge in [0.25, 0.3) is 0 Å². The molecule has 0 bridgehead atoms. The van der Waals surface area contributed by atoms with Crippen molar-refractivity contribution in [1.29, 1.82) is 0 Å². The molecule has 1 N–H and O–H groups in total. The summed E-state index contributed by atoms with van der Waals surface area (Å²) >= 11 is 6.04. The Kier molecular flexibility index (Phi) is 5.54. The highest BCUT2D eigenvalue weighted by atomic mass is 35.5. The SMILES string of the molecule is Cc1cc(N2CC(Cc3ccc(Cl)cc3)(C(=O)NC3CCCCC3)C2)ncn1. The fourth-order valence-electron chi connectivity index (χ4n) is 4.37. The van der Waals surface area contributed by atoms with Gasteiger partial charge in [-0.1, -0.05) is 43.0 Å². The number of nitrogens with one attached hydrogen (secondary N) is 1. The molecule has 0 radical (unpaired) electrons. The second-order valence-corrected chi connectivity index (χ2v) is 8.70. The van der Waals surface area contributed by atoms with Gasteiger partial charge >= 0.3 is 0 Å². The van der Waals surface area contributed by atoms with Gasteiger partial charge in [-0.2, -0.15) is 0 Å². The molecule has 1 aliphatic carbocycles. The molecule has 1 saturated heterocycles. The van der Waals surface area contributed by atoms with Gasteiger partial charge in [-0.15, -0.1) is 0 Å². The summed E-state index contributed by atoms with van der Waals surface area (Å²) in [7, 11) is 0. The normalized spacial score (nSPS) is 19.1. The molecule has 2 fully saturated rings. The Morgan fingerprint density at radius 1 is 1.18 bits per heavy atom. The molecule has 1 amide bonds. The predicted molar refractivity (Wildman–Crippen MR) is 112 cm³/mol. The van der Waals surface area contributed by atoms with Gasteiger partial charge in [0.2, 0.25) is 5.91 Å². The van der Waals surface area contributed by atoms with E-state index >= 15 is 0 Å². The molecule has 148 valence electrons. The van der Waals surface area contributed by atoms with Crippen molar-refractivity contribution >= 4 is 23.3 Å². The standard InChI is InChI=1S/C22H27ClN4O/c1-16-11-20(25-15-24-16)27-13-22(14-27,12-17-7-9-18(23)10-8-17)21(28)26-19-5-3-2-4-6-19/h7-11,15,19H,2-6,12-14H2,1H3,(H,26,28). The summed E-state index contributed by atoms with van der Waals surface area (Å²) in [5, 5.41) is 4.07. The van der Waals surface area contributed by atoms with Gasteiger partial charge in [0.05, 0.1) is 5.41 Å². The van der Waals surface area contributed by atoms with E-state index in [1.165, 1.54) is 19.3 Å². The van der Waals surface area contributed by atoms with Crippen LogP contribution in [-0.2, 0) is 11.2 Å². The van der Waals surface area contributed by atoms with Crippen molar-refractivity contribution in [2.45, 2.75) is 51.5 Å². The molecule has 1 aliphatic heterocycles. The highest BCUT2D eigenvalue weighted by Gasteiger charge is 2.50. The first kappa shape index (κ1) is 19.2. The fourth-order valence-corrected chi connectivity index (χ4v) is 4.50. The molecule has 0 unspecified atom stereocenters. The van der Waals surface area contributed by atoms with Crippen molar-refractivity contribution in [3.8, 4) is 0 Å². The molecule has 1 saturated carbocycles. The zero-order chi connectivity index (χ0) is 19.6. The van der Waals surface area contributed by atoms with E-state index in [1.54, 1.807) is 6.33 Å². The summed E-state index contributed by atoms with van der Waals surface area (Å²) in [4.78, 5) is 24.1. The lowest BCUT2D eigenvalue weighted by molar-refractivity contribution is -0.133. The second kappa shape index (κ2) is 8.08. The minimum Gasteiger partial charge on any atom is -0.354 e. The molecular formula is C22H27ClN4O. The van der Waals surface area contributed by atoms with Crippen LogP contribution in [0.3, 0.4) is 0 Å². The first-order valence-corrected chi connectivity index (χ1v) is 10.5. The number of hydrogen-bond acceptors (Lipinski definition) is 4. The van der Waals surface area contributed by atoms with Gasteiger partial charge in [0.1, 0.15) is 12.1 Å². The van der Waals surface area contributed by atoms with Gasteiger partial charge in [0.15, 0.2) is 0 Å². The third kappa shape index (κ3) is 4.14. The van der Waals surface area contributed by atoms with E-state index in [-0.39, 0.29) is 5.91 Å². The number of amides is 1. The van der Waals surface area contributed by atoms with Crippen LogP contribution in [0.5, 0.6) is 0 Å². The largest absolute Gasteiger partial charge is 0.354 e. The number of halogens is 1. The summed E-state index contributed by atoms with van der Waals surface area (Å²) in [5.41, 5.74) is 1.65. The lowest BCUT2D eigenvalue weighted by Gasteiger charge is -2.50. The smallest absolute Gasteiger partial charge is 0.230 e. The van der Waals surface area contributed by atoms with Crippen LogP contribution in [0.1, 0.15) is 43.4 Å². The van der Waals surface area contributed by atoms with Crippen molar-refractivity contribution in [1.82, 2.24) is 15.3 Å². The van der Waals surface area contributed by atoms with E-state index in [9.17, 15) is 4.79 Å². The number of nitrogens with zero attached hydrogens (tertiary/aromatic N) is 3. The zero-order valence-electron chi connectivity index (χ0n) is 16.3. The number of aryl methyl sites for hydroxylation is 1. The van der Waals surface area contributed by atoms with Crippen LogP contribution in [0, 0.1) is 12.3 Å². The molecule has 1 aromatic heterocycles. The minimum atomic E-state index is -0.426. The van der Waals surface area contributed by atoms with Crippen LogP contribution in [0.25, 0.3) is 0 Å². The highest BCUT2D eigenvalue weighted by molar-refractivity contribution is 6.30. The minimum absolute atomic E-state index is 0.177. The Labute approximate surface area is 171 Å². The third-order valence-corrected chi connectivity index (χ3v) is 6.23. The summed E-state index contributed by atoms with van der Waals surface area (Å²) in [6.07, 6.45) is 8.19. The highest BCUT2D eigenvalue weighted by Crippen LogP contribution is 2.38. The molecule has 6 heteroatoms. The van der Waals surface area contributed by atoms with E-state index in [0.29, 0.717) is 25.6 Å². The number of rotatable bonds is 5. The van der Waals surface area contributed by atoms with Gasteiger partial charge in [0, 0.05) is 35.9 Å². The average Bonchev–Trinajstić information content (AvgIpc) is 2.66. The Balaban J connectivity index is 1.51. The first-order valence-electron chi connectivity index (χ1n) is 10.1. The van der Waals surface area contributed by atoms with Crippen molar-refractivity contribution in [2.24, 2.45) is 5.41 Å². The predicted octanol–water partition coefficient (Wildman–Crippen LogP) is 3.94. The lowest BCUT2D eigenvalue weighted by Crippen LogP contribution is -2.65. The van der Waals surface area contributed by atoms with Gasteiger partial charge < -0.3 is 10.2 Å². The van der Waals surface area contributed by atoms with Crippen LogP contribution in [0.4, 0.5) is 5.82 Å². The lowest BCUT2D eigenvalue weighted by atomic mass is 9.73. The first-order chi connectivity index (χ1) is 13.5. The Morgan fingerprint density at radius 3 is 2.57 bits per heavy atom. The summed E-state index contributed by atoms with van der Waals surface area (Å²) in [5.74, 6) is 1.07. The molecule has 2 heterocycles. The second-order valence-electron chi connectivity index (χ2n) is 8.27. The number of aromatic nitrogens is 2. The number of hydrogen-bond donors (Lipinski definition) is 1. The Hall–Kier alpha value is -2.14. The molecule has 5 nitrogen and oxygen atoms in total. The Morgan fingerprint density at radius 2 is 1.89 bits per heavy atom. The molecule has 28 heavy (non-hydrogen) atoms. The van der Waals surface area contributed by atoms with Crippen LogP contribution in [0.2, 0.25) is 5.02 Å². The summed E-state index contributed by atoms with van der Waals surface area (Å²) < 4.78 is 0. The fraction of sp³-hybridized carbons (Fsp3) is 0.500. The van der Waals surface area contributed by atoms with Crippen molar-refractivity contribution in [2.75, 3.05) is 18.0 Å². The van der Waals surface area contributed by atoms with E-state index in [0.717, 1.165) is 34.9 Å². The summed E-state index contributed by atoms with van der Waals surface area (Å²) in [6.45, 7) is 3.30. The van der Waals surface area contributed by atoms with Crippen LogP contribution in [-0.4, -0.2) is 35.0 Å². The van der Waals surface area contributed by atoms with Crippen molar-refractivity contribution < 1.29 is 4.79 Å². The molecule has 0 spiro atoms. The average molecular weight is 399 g/mol. The maximum Gasteiger partial charge on any atom is 0.230 e. The van der Waals surface area contributed by atoms with Gasteiger partial charge in [-0.3, -0.25) is 4.79 Å². The number of benzene rings is 1. The maximum absolute atomic E-state index is 13.3. The zero-order valence-corrected chi connectivity index (χ0v) is 17.1. The number of carbonyl (C=O) groups excluding carboxylic acids is 1. The van der Waals surface area contributed by atoms with E-state index in [2.05, 4.69) is 20.2 Å². The van der Waals surface area contributed by atoms with Crippen LogP contribution < -0.4 is 10.2 Å². The third-order valence-electron chi connectivity index (χ3n) is 5.98. The molecule has 4 rings (SSSR count). The van der Waals surface area contributed by atoms with Crippen molar-refractivity contribution in [3.63, 3.8) is 0 Å². The monoisotopic (exact) mass is 398 g/mol. The molecule has 2 aliphatic rings. The maximum atomic E-state index is 13.3. The van der Waals surface area contributed by atoms with E-state index < -0.39 is 5.41 Å². The topological polar surface area (TPSA) is 58.1 Å². The van der Waals surface area contributed by atoms with Crippen LogP contribution in [0.15, 0.2) is 36.7 Å². The van der Waals surface area contributed by atoms with E-state index in [1.807, 2.05) is 37.3 Å². The molecule has 0 atom stereocenters. The summed E-state index contributed by atoms with van der Waals surface area (Å²) in [6, 6.07) is 10.1. The van der Waals surface area contributed by atoms with E-state index in [4.69, 9.17) is 11.6 Å². The Bertz CT molecular complexity index is 827. The quantitative estimate of drug-likeness (QED) is 0.828. The number of anilines is 1. The molecule has 1 aromatic carbocycles. The number of carbonyl (C=O) groups is 1.